The van der Waals surface area contributed by atoms with E-state index in [4.69, 9.17) is 10.2 Å². The molecule has 1 heterocycles. The summed E-state index contributed by atoms with van der Waals surface area (Å²) in [5.74, 6) is 0.445. The SMILES string of the molecule is NC1CCC(CC(=O)c2cc(=O)c3ccccc3o2)CC1. The fourth-order valence-corrected chi connectivity index (χ4v) is 3.00. The van der Waals surface area contributed by atoms with Crippen LogP contribution in [0.15, 0.2) is 39.5 Å². The Hall–Kier alpha value is -1.94. The molecule has 1 aliphatic carbocycles. The second-order valence-corrected chi connectivity index (χ2v) is 5.88. The average molecular weight is 285 g/mol. The van der Waals surface area contributed by atoms with E-state index in [1.54, 1.807) is 24.3 Å². The molecule has 1 aromatic heterocycles. The summed E-state index contributed by atoms with van der Waals surface area (Å²) in [6.45, 7) is 0. The third kappa shape index (κ3) is 3.05. The third-order valence-corrected chi connectivity index (χ3v) is 4.27. The number of rotatable bonds is 3. The Morgan fingerprint density at radius 1 is 1.19 bits per heavy atom. The molecule has 1 saturated carbocycles. The number of hydrogen-bond acceptors (Lipinski definition) is 4. The number of fused-ring (bicyclic) bond motifs is 1. The van der Waals surface area contributed by atoms with E-state index in [0.717, 1.165) is 25.7 Å². The molecule has 1 aromatic carbocycles. The maximum absolute atomic E-state index is 12.3. The summed E-state index contributed by atoms with van der Waals surface area (Å²) in [5, 5.41) is 0.512. The number of hydrogen-bond donors (Lipinski definition) is 1. The Morgan fingerprint density at radius 3 is 2.67 bits per heavy atom. The largest absolute Gasteiger partial charge is 0.453 e. The van der Waals surface area contributed by atoms with Gasteiger partial charge in [0.1, 0.15) is 5.58 Å². The highest BCUT2D eigenvalue weighted by atomic mass is 16.3. The predicted octanol–water partition coefficient (Wildman–Crippen LogP) is 2.88. The molecule has 4 heteroatoms. The summed E-state index contributed by atoms with van der Waals surface area (Å²) in [7, 11) is 0. The molecule has 0 unspecified atom stereocenters. The highest BCUT2D eigenvalue weighted by Gasteiger charge is 2.23. The molecule has 0 amide bonds. The first kappa shape index (κ1) is 14.0. The Morgan fingerprint density at radius 2 is 1.90 bits per heavy atom. The summed E-state index contributed by atoms with van der Waals surface area (Å²) < 4.78 is 5.59. The standard InChI is InChI=1S/C17H19NO3/c18-12-7-5-11(6-8-12)9-15(20)17-10-14(19)13-3-1-2-4-16(13)21-17/h1-4,10-12H,5-9,18H2. The van der Waals surface area contributed by atoms with Crippen molar-refractivity contribution in [3.05, 3.63) is 46.3 Å². The highest BCUT2D eigenvalue weighted by Crippen LogP contribution is 2.27. The van der Waals surface area contributed by atoms with Gasteiger partial charge in [-0.1, -0.05) is 12.1 Å². The molecule has 3 rings (SSSR count). The van der Waals surface area contributed by atoms with Gasteiger partial charge in [0.2, 0.25) is 0 Å². The van der Waals surface area contributed by atoms with E-state index in [9.17, 15) is 9.59 Å². The molecule has 21 heavy (non-hydrogen) atoms. The molecule has 0 atom stereocenters. The Labute approximate surface area is 122 Å². The van der Waals surface area contributed by atoms with Crippen LogP contribution in [-0.2, 0) is 0 Å². The van der Waals surface area contributed by atoms with Crippen LogP contribution in [0, 0.1) is 5.92 Å². The van der Waals surface area contributed by atoms with Gasteiger partial charge in [0, 0.05) is 18.5 Å². The van der Waals surface area contributed by atoms with Crippen LogP contribution in [0.1, 0.15) is 42.7 Å². The van der Waals surface area contributed by atoms with Crippen molar-refractivity contribution in [3.63, 3.8) is 0 Å². The lowest BCUT2D eigenvalue weighted by Crippen LogP contribution is -2.27. The molecule has 1 aliphatic rings. The van der Waals surface area contributed by atoms with Crippen molar-refractivity contribution in [1.82, 2.24) is 0 Å². The van der Waals surface area contributed by atoms with Gasteiger partial charge >= 0.3 is 0 Å². The lowest BCUT2D eigenvalue weighted by molar-refractivity contribution is 0.0921. The minimum Gasteiger partial charge on any atom is -0.453 e. The third-order valence-electron chi connectivity index (χ3n) is 4.27. The number of benzene rings is 1. The van der Waals surface area contributed by atoms with E-state index in [-0.39, 0.29) is 23.0 Å². The number of nitrogens with two attached hydrogens (primary N) is 1. The molecule has 2 aromatic rings. The van der Waals surface area contributed by atoms with Gasteiger partial charge in [-0.15, -0.1) is 0 Å². The van der Waals surface area contributed by atoms with Gasteiger partial charge in [0.25, 0.3) is 0 Å². The molecule has 0 saturated heterocycles. The molecule has 2 N–H and O–H groups in total. The summed E-state index contributed by atoms with van der Waals surface area (Å²) in [5.41, 5.74) is 6.19. The Kier molecular flexibility index (Phi) is 3.88. The van der Waals surface area contributed by atoms with E-state index < -0.39 is 0 Å². The van der Waals surface area contributed by atoms with E-state index in [0.29, 0.717) is 23.3 Å². The van der Waals surface area contributed by atoms with Crippen molar-refractivity contribution >= 4 is 16.8 Å². The minimum atomic E-state index is -0.161. The Bertz CT molecular complexity index is 711. The van der Waals surface area contributed by atoms with Crippen LogP contribution < -0.4 is 11.2 Å². The number of carbonyl (C=O) groups is 1. The van der Waals surface area contributed by atoms with E-state index >= 15 is 0 Å². The van der Waals surface area contributed by atoms with E-state index in [2.05, 4.69) is 0 Å². The van der Waals surface area contributed by atoms with Crippen molar-refractivity contribution in [2.45, 2.75) is 38.1 Å². The molecule has 1 fully saturated rings. The second kappa shape index (κ2) is 5.82. The zero-order valence-corrected chi connectivity index (χ0v) is 11.9. The van der Waals surface area contributed by atoms with Crippen LogP contribution in [-0.4, -0.2) is 11.8 Å². The summed E-state index contributed by atoms with van der Waals surface area (Å²) in [4.78, 5) is 24.3. The molecular formula is C17H19NO3. The molecule has 0 aliphatic heterocycles. The van der Waals surface area contributed by atoms with Gasteiger partial charge in [-0.25, -0.2) is 0 Å². The minimum absolute atomic E-state index is 0.0849. The van der Waals surface area contributed by atoms with Crippen LogP contribution >= 0.6 is 0 Å². The summed E-state index contributed by atoms with van der Waals surface area (Å²) in [6.07, 6.45) is 4.34. The van der Waals surface area contributed by atoms with Crippen LogP contribution in [0.4, 0.5) is 0 Å². The van der Waals surface area contributed by atoms with Gasteiger partial charge in [-0.2, -0.15) is 0 Å². The second-order valence-electron chi connectivity index (χ2n) is 5.88. The maximum Gasteiger partial charge on any atom is 0.198 e. The lowest BCUT2D eigenvalue weighted by atomic mass is 9.83. The number of Topliss-reactive ketones (excluding diaryl/α,β-unsaturated/α-hetero) is 1. The zero-order chi connectivity index (χ0) is 14.8. The van der Waals surface area contributed by atoms with Crippen LogP contribution in [0.2, 0.25) is 0 Å². The van der Waals surface area contributed by atoms with Crippen LogP contribution in [0.3, 0.4) is 0 Å². The topological polar surface area (TPSA) is 73.3 Å². The van der Waals surface area contributed by atoms with Gasteiger partial charge < -0.3 is 10.2 Å². The average Bonchev–Trinajstić information content (AvgIpc) is 2.49. The molecule has 0 spiro atoms. The number of para-hydroxylation sites is 1. The van der Waals surface area contributed by atoms with Crippen molar-refractivity contribution in [1.29, 1.82) is 0 Å². The smallest absolute Gasteiger partial charge is 0.198 e. The van der Waals surface area contributed by atoms with Gasteiger partial charge in [-0.05, 0) is 43.7 Å². The normalized spacial score (nSPS) is 22.3. The summed E-state index contributed by atoms with van der Waals surface area (Å²) >= 11 is 0. The molecule has 0 radical (unpaired) electrons. The first-order valence-electron chi connectivity index (χ1n) is 7.45. The first-order chi connectivity index (χ1) is 10.1. The first-order valence-corrected chi connectivity index (χ1v) is 7.45. The maximum atomic E-state index is 12.3. The molecular weight excluding hydrogens is 266 g/mol. The van der Waals surface area contributed by atoms with E-state index in [1.807, 2.05) is 0 Å². The monoisotopic (exact) mass is 285 g/mol. The predicted molar refractivity (Wildman–Crippen MR) is 81.4 cm³/mol. The van der Waals surface area contributed by atoms with Gasteiger partial charge in [-0.3, -0.25) is 9.59 Å². The van der Waals surface area contributed by atoms with Gasteiger partial charge in [0.15, 0.2) is 17.0 Å². The fourth-order valence-electron chi connectivity index (χ4n) is 3.00. The Balaban J connectivity index is 1.80. The summed E-state index contributed by atoms with van der Waals surface area (Å²) in [6, 6.07) is 8.59. The van der Waals surface area contributed by atoms with Crippen LogP contribution in [0.25, 0.3) is 11.0 Å². The quantitative estimate of drug-likeness (QED) is 0.880. The van der Waals surface area contributed by atoms with Crippen LogP contribution in [0.5, 0.6) is 0 Å². The van der Waals surface area contributed by atoms with Gasteiger partial charge in [0.05, 0.1) is 5.39 Å². The van der Waals surface area contributed by atoms with Crippen molar-refractivity contribution in [2.24, 2.45) is 11.7 Å². The van der Waals surface area contributed by atoms with Crippen molar-refractivity contribution in [2.75, 3.05) is 0 Å². The lowest BCUT2D eigenvalue weighted by Gasteiger charge is -2.25. The zero-order valence-electron chi connectivity index (χ0n) is 11.9. The van der Waals surface area contributed by atoms with E-state index in [1.165, 1.54) is 6.07 Å². The fraction of sp³-hybridized carbons (Fsp3) is 0.412. The molecule has 110 valence electrons. The highest BCUT2D eigenvalue weighted by molar-refractivity contribution is 5.95. The molecule has 0 bridgehead atoms. The number of ketones is 1. The van der Waals surface area contributed by atoms with Crippen molar-refractivity contribution < 1.29 is 9.21 Å². The number of carbonyl (C=O) groups excluding carboxylic acids is 1. The molecule has 4 nitrogen and oxygen atoms in total. The van der Waals surface area contributed by atoms with Crippen molar-refractivity contribution in [3.8, 4) is 0 Å².